The van der Waals surface area contributed by atoms with Crippen molar-refractivity contribution in [2.75, 3.05) is 13.2 Å². The van der Waals surface area contributed by atoms with E-state index < -0.39 is 59.9 Å². The van der Waals surface area contributed by atoms with E-state index in [-0.39, 0.29) is 6.61 Å². The van der Waals surface area contributed by atoms with Crippen molar-refractivity contribution in [1.82, 2.24) is 0 Å². The van der Waals surface area contributed by atoms with Crippen molar-refractivity contribution in [3.63, 3.8) is 0 Å². The van der Waals surface area contributed by atoms with E-state index in [2.05, 4.69) is 11.1 Å². The number of aliphatic hydroxyl groups excluding tert-OH is 4. The maximum absolute atomic E-state index is 11.0. The quantitative estimate of drug-likeness (QED) is 0.0745. The third-order valence-corrected chi connectivity index (χ3v) is 6.72. The highest BCUT2D eigenvalue weighted by Crippen LogP contribution is 2.25. The Morgan fingerprint density at radius 1 is 0.972 bits per heavy atom. The Morgan fingerprint density at radius 2 is 1.53 bits per heavy atom. The van der Waals surface area contributed by atoms with Gasteiger partial charge in [0, 0.05) is 0 Å². The Balaban J connectivity index is 2.28. The summed E-state index contributed by atoms with van der Waals surface area (Å²) in [6.45, 7) is 1.22. The molecule has 214 valence electrons. The Bertz CT molecular complexity index is 692. The number of allylic oxidation sites excluding steroid dienone is 1. The van der Waals surface area contributed by atoms with Gasteiger partial charge >= 0.3 is 10.4 Å². The molecule has 0 aliphatic carbocycles. The predicted molar refractivity (Wildman–Crippen MR) is 134 cm³/mol. The molecule has 2 unspecified atom stereocenters. The molecule has 0 saturated carbocycles. The second kappa shape index (κ2) is 18.6. The highest BCUT2D eigenvalue weighted by Gasteiger charge is 2.47. The molecule has 0 aromatic carbocycles. The average molecular weight is 542 g/mol. The zero-order valence-corrected chi connectivity index (χ0v) is 22.2. The van der Waals surface area contributed by atoms with Gasteiger partial charge in [-0.1, -0.05) is 83.3 Å². The van der Waals surface area contributed by atoms with Gasteiger partial charge in [0.25, 0.3) is 0 Å². The minimum Gasteiger partial charge on any atom is -0.394 e. The van der Waals surface area contributed by atoms with Crippen LogP contribution in [0.5, 0.6) is 0 Å². The van der Waals surface area contributed by atoms with Gasteiger partial charge < -0.3 is 35.6 Å². The maximum atomic E-state index is 11.0. The number of ether oxygens (including phenoxy) is 2. The van der Waals surface area contributed by atoms with Crippen molar-refractivity contribution < 1.29 is 47.1 Å². The fourth-order valence-electron chi connectivity index (χ4n) is 4.05. The summed E-state index contributed by atoms with van der Waals surface area (Å²) in [5.41, 5.74) is 5.93. The number of nitrogens with two attached hydrogens (primary N) is 1. The van der Waals surface area contributed by atoms with Crippen molar-refractivity contribution in [1.29, 1.82) is 0 Å². The summed E-state index contributed by atoms with van der Waals surface area (Å²) >= 11 is 0. The molecule has 1 rings (SSSR count). The molecule has 1 aliphatic heterocycles. The highest BCUT2D eigenvalue weighted by molar-refractivity contribution is 7.80. The van der Waals surface area contributed by atoms with Crippen LogP contribution in [0.2, 0.25) is 0 Å². The van der Waals surface area contributed by atoms with Gasteiger partial charge in [0.15, 0.2) is 6.29 Å². The normalized spacial score (nSPS) is 26.9. The molecule has 0 aromatic rings. The first-order valence-electron chi connectivity index (χ1n) is 13.1. The van der Waals surface area contributed by atoms with Gasteiger partial charge in [0.1, 0.15) is 24.4 Å². The average Bonchev–Trinajstić information content (AvgIpc) is 2.83. The number of hydrogen-bond donors (Lipinski definition) is 6. The van der Waals surface area contributed by atoms with Crippen LogP contribution >= 0.6 is 0 Å². The molecular formula is C24H47NO10S. The van der Waals surface area contributed by atoms with Crippen LogP contribution in [0.3, 0.4) is 0 Å². The molecule has 7 N–H and O–H groups in total. The topological polar surface area (TPSA) is 189 Å². The van der Waals surface area contributed by atoms with Gasteiger partial charge in [-0.15, -0.1) is 0 Å². The lowest BCUT2D eigenvalue weighted by molar-refractivity contribution is -0.298. The van der Waals surface area contributed by atoms with E-state index in [1.54, 1.807) is 6.08 Å². The van der Waals surface area contributed by atoms with Crippen LogP contribution in [0.4, 0.5) is 0 Å². The Morgan fingerprint density at radius 3 is 2.06 bits per heavy atom. The van der Waals surface area contributed by atoms with Gasteiger partial charge in [0.05, 0.1) is 25.4 Å². The lowest BCUT2D eigenvalue weighted by Gasteiger charge is -2.41. The molecule has 36 heavy (non-hydrogen) atoms. The fraction of sp³-hybridized carbons (Fsp3) is 0.917. The minimum absolute atomic E-state index is 0.279. The second-order valence-corrected chi connectivity index (χ2v) is 10.5. The molecule has 1 heterocycles. The van der Waals surface area contributed by atoms with E-state index in [0.717, 1.165) is 19.3 Å². The molecule has 0 amide bonds. The standard InChI is InChI=1S/C24H47NO10S/c1-2-3-4-5-6-7-8-9-10-11-12-13-14-15-19(27)18(25)17-33-24-22(29)23(35-36(30,31)32)21(28)20(16-26)34-24/h14-15,18-24,26-29H,2-13,16-17,25H2,1H3,(H,30,31,32)/b15-14+/t18-,19+,20?,21-,22-,23?,24+/m0/s1. The highest BCUT2D eigenvalue weighted by atomic mass is 32.3. The smallest absolute Gasteiger partial charge is 0.394 e. The van der Waals surface area contributed by atoms with Crippen LogP contribution in [-0.2, 0) is 24.1 Å². The maximum Gasteiger partial charge on any atom is 0.397 e. The third-order valence-electron chi connectivity index (χ3n) is 6.25. The molecule has 0 radical (unpaired) electrons. The van der Waals surface area contributed by atoms with E-state index in [0.29, 0.717) is 0 Å². The summed E-state index contributed by atoms with van der Waals surface area (Å²) < 4.78 is 45.8. The van der Waals surface area contributed by atoms with Crippen LogP contribution in [0, 0.1) is 0 Å². The van der Waals surface area contributed by atoms with Crippen molar-refractivity contribution in [2.45, 2.75) is 127 Å². The van der Waals surface area contributed by atoms with E-state index in [9.17, 15) is 28.8 Å². The van der Waals surface area contributed by atoms with E-state index in [1.807, 2.05) is 6.08 Å². The molecule has 0 spiro atoms. The SMILES string of the molecule is CCCCCCCCCCCCC/C=C/[C@@H](O)[C@@H](N)CO[C@@H]1OC(CO)[C@H](O)C(OS(=O)(=O)O)[C@@H]1O. The van der Waals surface area contributed by atoms with Crippen molar-refractivity contribution in [3.05, 3.63) is 12.2 Å². The Labute approximate surface area is 215 Å². The van der Waals surface area contributed by atoms with E-state index >= 15 is 0 Å². The first-order chi connectivity index (χ1) is 17.1. The fourth-order valence-corrected chi connectivity index (χ4v) is 4.56. The van der Waals surface area contributed by atoms with Crippen LogP contribution in [0.1, 0.15) is 84.0 Å². The lowest BCUT2D eigenvalue weighted by Crippen LogP contribution is -2.61. The van der Waals surface area contributed by atoms with E-state index in [4.69, 9.17) is 19.8 Å². The predicted octanol–water partition coefficient (Wildman–Crippen LogP) is 1.58. The summed E-state index contributed by atoms with van der Waals surface area (Å²) in [6, 6.07) is -0.880. The van der Waals surface area contributed by atoms with Gasteiger partial charge in [0.2, 0.25) is 0 Å². The minimum atomic E-state index is -5.00. The zero-order valence-electron chi connectivity index (χ0n) is 21.4. The van der Waals surface area contributed by atoms with Crippen LogP contribution < -0.4 is 5.73 Å². The second-order valence-electron chi connectivity index (χ2n) is 9.44. The number of aliphatic hydroxyl groups is 4. The summed E-state index contributed by atoms with van der Waals surface area (Å²) in [4.78, 5) is 0. The summed E-state index contributed by atoms with van der Waals surface area (Å²) in [5, 5.41) is 39.8. The lowest BCUT2D eigenvalue weighted by atomic mass is 9.99. The zero-order chi connectivity index (χ0) is 27.0. The van der Waals surface area contributed by atoms with Crippen LogP contribution in [0.25, 0.3) is 0 Å². The van der Waals surface area contributed by atoms with E-state index in [1.165, 1.54) is 57.8 Å². The van der Waals surface area contributed by atoms with Gasteiger partial charge in [-0.25, -0.2) is 4.18 Å². The van der Waals surface area contributed by atoms with Crippen molar-refractivity contribution >= 4 is 10.4 Å². The Kier molecular flexibility index (Phi) is 17.2. The first-order valence-corrected chi connectivity index (χ1v) is 14.5. The third kappa shape index (κ3) is 13.8. The molecule has 0 aromatic heterocycles. The number of rotatable bonds is 20. The molecule has 1 saturated heterocycles. The van der Waals surface area contributed by atoms with Crippen LogP contribution in [-0.4, -0.2) is 89.5 Å². The van der Waals surface area contributed by atoms with Crippen molar-refractivity contribution in [2.24, 2.45) is 5.73 Å². The molecule has 1 fully saturated rings. The van der Waals surface area contributed by atoms with Gasteiger partial charge in [-0.05, 0) is 12.8 Å². The number of unbranched alkanes of at least 4 members (excludes halogenated alkanes) is 11. The molecular weight excluding hydrogens is 494 g/mol. The molecule has 11 nitrogen and oxygen atoms in total. The summed E-state index contributed by atoms with van der Waals surface area (Å²) in [7, 11) is -5.00. The number of hydrogen-bond acceptors (Lipinski definition) is 10. The molecule has 12 heteroatoms. The first kappa shape index (κ1) is 33.4. The van der Waals surface area contributed by atoms with Crippen molar-refractivity contribution in [3.8, 4) is 0 Å². The van der Waals surface area contributed by atoms with Gasteiger partial charge in [-0.3, -0.25) is 4.55 Å². The largest absolute Gasteiger partial charge is 0.397 e. The molecule has 7 atom stereocenters. The molecule has 0 bridgehead atoms. The monoisotopic (exact) mass is 541 g/mol. The summed E-state index contributed by atoms with van der Waals surface area (Å²) in [5.74, 6) is 0. The van der Waals surface area contributed by atoms with Gasteiger partial charge in [-0.2, -0.15) is 8.42 Å². The Hall–Kier alpha value is -0.670. The summed E-state index contributed by atoms with van der Waals surface area (Å²) in [6.07, 6.45) is 8.83. The van der Waals surface area contributed by atoms with Crippen LogP contribution in [0.15, 0.2) is 12.2 Å². The molecule has 1 aliphatic rings.